The molecule has 7 heteroatoms. The Morgan fingerprint density at radius 2 is 1.74 bits per heavy atom. The predicted octanol–water partition coefficient (Wildman–Crippen LogP) is 3.99. The van der Waals surface area contributed by atoms with Gasteiger partial charge in [0.25, 0.3) is 0 Å². The number of benzene rings is 2. The molecule has 0 atom stereocenters. The van der Waals surface area contributed by atoms with Gasteiger partial charge in [0.1, 0.15) is 11.6 Å². The lowest BCUT2D eigenvalue weighted by Crippen LogP contribution is -2.30. The van der Waals surface area contributed by atoms with Crippen LogP contribution >= 0.6 is 0 Å². The quantitative estimate of drug-likeness (QED) is 0.731. The average Bonchev–Trinajstić information content (AvgIpc) is 2.63. The summed E-state index contributed by atoms with van der Waals surface area (Å²) >= 11 is 0. The highest BCUT2D eigenvalue weighted by molar-refractivity contribution is 5.90. The Bertz CT molecular complexity index is 781. The number of nitrogens with one attached hydrogen (secondary N) is 2. The van der Waals surface area contributed by atoms with E-state index in [-0.39, 0.29) is 11.8 Å². The Morgan fingerprint density at radius 3 is 2.41 bits per heavy atom. The van der Waals surface area contributed by atoms with E-state index in [0.29, 0.717) is 30.2 Å². The average molecular weight is 376 g/mol. The third-order valence-corrected chi connectivity index (χ3v) is 3.70. The first-order valence-electron chi connectivity index (χ1n) is 8.65. The molecule has 0 fully saturated rings. The highest BCUT2D eigenvalue weighted by Crippen LogP contribution is 2.28. The van der Waals surface area contributed by atoms with Gasteiger partial charge in [-0.25, -0.2) is 9.18 Å². The summed E-state index contributed by atoms with van der Waals surface area (Å²) in [7, 11) is 3.15. The van der Waals surface area contributed by atoms with Crippen LogP contribution in [0, 0.1) is 5.82 Å². The molecule has 2 rings (SSSR count). The molecule has 0 aliphatic carbocycles. The molecule has 27 heavy (non-hydrogen) atoms. The van der Waals surface area contributed by atoms with Gasteiger partial charge in [0.2, 0.25) is 0 Å². The van der Waals surface area contributed by atoms with Gasteiger partial charge in [0.05, 0.1) is 26.0 Å². The monoisotopic (exact) mass is 376 g/mol. The summed E-state index contributed by atoms with van der Waals surface area (Å²) in [6, 6.07) is 9.16. The molecule has 6 nitrogen and oxygen atoms in total. The molecular weight excluding hydrogens is 351 g/mol. The summed E-state index contributed by atoms with van der Waals surface area (Å²) in [6.07, 6.45) is 0.510. The third kappa shape index (κ3) is 6.06. The van der Waals surface area contributed by atoms with Gasteiger partial charge >= 0.3 is 6.03 Å². The fourth-order valence-electron chi connectivity index (χ4n) is 2.48. The second-order valence-corrected chi connectivity index (χ2v) is 6.13. The molecule has 0 aromatic heterocycles. The number of carbonyl (C=O) groups excluding carboxylic acids is 1. The Morgan fingerprint density at radius 1 is 1.04 bits per heavy atom. The Hall–Kier alpha value is -2.96. The van der Waals surface area contributed by atoms with E-state index in [2.05, 4.69) is 10.6 Å². The van der Waals surface area contributed by atoms with Crippen LogP contribution in [0.3, 0.4) is 0 Å². The highest BCUT2D eigenvalue weighted by Gasteiger charge is 2.11. The van der Waals surface area contributed by atoms with Crippen molar-refractivity contribution < 1.29 is 23.4 Å². The fourth-order valence-corrected chi connectivity index (χ4v) is 2.48. The molecule has 0 spiro atoms. The van der Waals surface area contributed by atoms with Crippen LogP contribution in [0.4, 0.5) is 14.9 Å². The predicted molar refractivity (Wildman–Crippen MR) is 102 cm³/mol. The fraction of sp³-hybridized carbons (Fsp3) is 0.350. The summed E-state index contributed by atoms with van der Waals surface area (Å²) in [5.41, 5.74) is 1.27. The van der Waals surface area contributed by atoms with E-state index in [1.54, 1.807) is 14.2 Å². The maximum Gasteiger partial charge on any atom is 0.319 e. The van der Waals surface area contributed by atoms with Crippen molar-refractivity contribution in [3.8, 4) is 17.2 Å². The molecule has 2 amide bonds. The topological polar surface area (TPSA) is 68.8 Å². The molecule has 0 aliphatic heterocycles. The molecule has 0 unspecified atom stereocenters. The summed E-state index contributed by atoms with van der Waals surface area (Å²) in [5, 5.41) is 5.37. The minimum atomic E-state index is -0.452. The van der Waals surface area contributed by atoms with Crippen LogP contribution < -0.4 is 24.8 Å². The number of amides is 2. The van der Waals surface area contributed by atoms with E-state index in [9.17, 15) is 9.18 Å². The van der Waals surface area contributed by atoms with Gasteiger partial charge in [-0.15, -0.1) is 0 Å². The van der Waals surface area contributed by atoms with Crippen molar-refractivity contribution in [3.63, 3.8) is 0 Å². The maximum atomic E-state index is 13.5. The van der Waals surface area contributed by atoms with Crippen LogP contribution in [-0.4, -0.2) is 32.9 Å². The number of ether oxygens (including phenoxy) is 3. The van der Waals surface area contributed by atoms with E-state index in [1.807, 2.05) is 32.0 Å². The first-order valence-corrected chi connectivity index (χ1v) is 8.65. The van der Waals surface area contributed by atoms with Crippen molar-refractivity contribution in [2.24, 2.45) is 0 Å². The smallest absolute Gasteiger partial charge is 0.319 e. The third-order valence-electron chi connectivity index (χ3n) is 3.70. The van der Waals surface area contributed by atoms with E-state index in [4.69, 9.17) is 14.2 Å². The van der Waals surface area contributed by atoms with Gasteiger partial charge in [-0.05, 0) is 50.1 Å². The maximum absolute atomic E-state index is 13.5. The number of hydrogen-bond donors (Lipinski definition) is 2. The van der Waals surface area contributed by atoms with E-state index >= 15 is 0 Å². The SMILES string of the molecule is COc1ccc(CCNC(=O)Nc2cc(F)ccc2OC(C)C)cc1OC. The summed E-state index contributed by atoms with van der Waals surface area (Å²) in [4.78, 5) is 12.1. The van der Waals surface area contributed by atoms with Gasteiger partial charge in [-0.2, -0.15) is 0 Å². The lowest BCUT2D eigenvalue weighted by atomic mass is 10.1. The molecule has 2 N–H and O–H groups in total. The lowest BCUT2D eigenvalue weighted by Gasteiger charge is -2.15. The summed E-state index contributed by atoms with van der Waals surface area (Å²) in [5.74, 6) is 1.25. The standard InChI is InChI=1S/C20H25FN2O4/c1-13(2)27-17-8-6-15(21)12-16(17)23-20(24)22-10-9-14-5-7-18(25-3)19(11-14)26-4/h5-8,11-13H,9-10H2,1-4H3,(H2,22,23,24). The van der Waals surface area contributed by atoms with Crippen LogP contribution in [0.2, 0.25) is 0 Å². The number of urea groups is 1. The number of anilines is 1. The van der Waals surface area contributed by atoms with Crippen molar-refractivity contribution in [1.29, 1.82) is 0 Å². The number of carbonyl (C=O) groups is 1. The van der Waals surface area contributed by atoms with Crippen molar-refractivity contribution in [3.05, 3.63) is 47.8 Å². The van der Waals surface area contributed by atoms with Crippen LogP contribution in [0.15, 0.2) is 36.4 Å². The summed E-state index contributed by atoms with van der Waals surface area (Å²) in [6.45, 7) is 4.11. The van der Waals surface area contributed by atoms with Crippen LogP contribution in [0.1, 0.15) is 19.4 Å². The number of rotatable bonds is 8. The van der Waals surface area contributed by atoms with Gasteiger partial charge in [0.15, 0.2) is 11.5 Å². The molecule has 2 aromatic rings. The van der Waals surface area contributed by atoms with Gasteiger partial charge in [-0.3, -0.25) is 0 Å². The van der Waals surface area contributed by atoms with Crippen LogP contribution in [0.25, 0.3) is 0 Å². The zero-order chi connectivity index (χ0) is 19.8. The molecule has 2 aromatic carbocycles. The molecule has 0 saturated heterocycles. The summed E-state index contributed by atoms with van der Waals surface area (Å²) < 4.78 is 29.5. The highest BCUT2D eigenvalue weighted by atomic mass is 19.1. The lowest BCUT2D eigenvalue weighted by molar-refractivity contribution is 0.241. The molecule has 0 radical (unpaired) electrons. The van der Waals surface area contributed by atoms with Crippen molar-refractivity contribution in [1.82, 2.24) is 5.32 Å². The van der Waals surface area contributed by atoms with E-state index < -0.39 is 11.8 Å². The Labute approximate surface area is 158 Å². The van der Waals surface area contributed by atoms with Crippen LogP contribution in [0.5, 0.6) is 17.2 Å². The van der Waals surface area contributed by atoms with Crippen molar-refractivity contribution in [2.75, 3.05) is 26.1 Å². The number of halogens is 1. The van der Waals surface area contributed by atoms with Gasteiger partial charge in [0, 0.05) is 12.6 Å². The zero-order valence-electron chi connectivity index (χ0n) is 16.0. The second-order valence-electron chi connectivity index (χ2n) is 6.13. The van der Waals surface area contributed by atoms with Crippen LogP contribution in [-0.2, 0) is 6.42 Å². The first kappa shape index (κ1) is 20.4. The van der Waals surface area contributed by atoms with Gasteiger partial charge in [-0.1, -0.05) is 6.07 Å². The normalized spacial score (nSPS) is 10.4. The second kappa shape index (κ2) is 9.66. The molecule has 0 bridgehead atoms. The van der Waals surface area contributed by atoms with Crippen molar-refractivity contribution >= 4 is 11.7 Å². The first-order chi connectivity index (χ1) is 12.9. The van der Waals surface area contributed by atoms with Crippen molar-refractivity contribution in [2.45, 2.75) is 26.4 Å². The van der Waals surface area contributed by atoms with E-state index in [1.165, 1.54) is 18.2 Å². The van der Waals surface area contributed by atoms with E-state index in [0.717, 1.165) is 5.56 Å². The molecule has 146 valence electrons. The molecule has 0 aliphatic rings. The minimum absolute atomic E-state index is 0.0934. The molecule has 0 saturated carbocycles. The Kier molecular flexibility index (Phi) is 7.28. The minimum Gasteiger partial charge on any atom is -0.493 e. The largest absolute Gasteiger partial charge is 0.493 e. The number of hydrogen-bond acceptors (Lipinski definition) is 4. The molecule has 0 heterocycles. The zero-order valence-corrected chi connectivity index (χ0v) is 16.0. The number of methoxy groups -OCH3 is 2. The van der Waals surface area contributed by atoms with Gasteiger partial charge < -0.3 is 24.8 Å². The molecular formula is C20H25FN2O4. The Balaban J connectivity index is 1.92.